The van der Waals surface area contributed by atoms with Gasteiger partial charge in [0.1, 0.15) is 17.4 Å². The summed E-state index contributed by atoms with van der Waals surface area (Å²) in [6.45, 7) is 8.67. The molecule has 3 N–H and O–H groups in total. The van der Waals surface area contributed by atoms with Gasteiger partial charge in [0.15, 0.2) is 0 Å². The molecular weight excluding hydrogens is 454 g/mol. The molecule has 1 aromatic heterocycles. The van der Waals surface area contributed by atoms with Crippen LogP contribution in [0.4, 0.5) is 16.5 Å². The summed E-state index contributed by atoms with van der Waals surface area (Å²) in [6.07, 6.45) is -0.527. The third-order valence-electron chi connectivity index (χ3n) is 5.19. The van der Waals surface area contributed by atoms with E-state index in [0.29, 0.717) is 28.1 Å². The molecule has 35 heavy (non-hydrogen) atoms. The maximum atomic E-state index is 12.8. The van der Waals surface area contributed by atoms with Crippen LogP contribution in [-0.4, -0.2) is 40.9 Å². The van der Waals surface area contributed by atoms with Crippen molar-refractivity contribution in [2.24, 2.45) is 0 Å². The highest BCUT2D eigenvalue weighted by Gasteiger charge is 2.23. The van der Waals surface area contributed by atoms with Gasteiger partial charge in [-0.15, -0.1) is 0 Å². The lowest BCUT2D eigenvalue weighted by Gasteiger charge is -2.21. The highest BCUT2D eigenvalue weighted by atomic mass is 16.6. The number of benzene rings is 2. The van der Waals surface area contributed by atoms with E-state index in [-0.39, 0.29) is 17.8 Å². The number of nitrogens with one attached hydrogen (secondary N) is 2. The molecule has 0 radical (unpaired) electrons. The Morgan fingerprint density at radius 1 is 1.17 bits per heavy atom. The van der Waals surface area contributed by atoms with Crippen LogP contribution in [0, 0.1) is 13.8 Å². The summed E-state index contributed by atoms with van der Waals surface area (Å²) in [5, 5.41) is 15.2. The van der Waals surface area contributed by atoms with Crippen LogP contribution >= 0.6 is 0 Å². The lowest BCUT2D eigenvalue weighted by atomic mass is 10.0. The fourth-order valence-electron chi connectivity index (χ4n) is 3.59. The molecule has 0 aliphatic heterocycles. The van der Waals surface area contributed by atoms with Crippen molar-refractivity contribution in [2.75, 3.05) is 17.7 Å². The Morgan fingerprint density at radius 3 is 2.40 bits per heavy atom. The van der Waals surface area contributed by atoms with Gasteiger partial charge >= 0.3 is 17.7 Å². The summed E-state index contributed by atoms with van der Waals surface area (Å²) in [6, 6.07) is 7.30. The Kier molecular flexibility index (Phi) is 7.33. The maximum absolute atomic E-state index is 12.8. The lowest BCUT2D eigenvalue weighted by molar-refractivity contribution is -0.137. The predicted octanol–water partition coefficient (Wildman–Crippen LogP) is 4.27. The van der Waals surface area contributed by atoms with Crippen molar-refractivity contribution in [3.05, 3.63) is 57.4 Å². The number of nitrogens with zero attached hydrogens (tertiary/aromatic N) is 1. The number of carbonyl (C=O) groups excluding carboxylic acids is 1. The van der Waals surface area contributed by atoms with Gasteiger partial charge in [-0.2, -0.15) is 4.98 Å². The maximum Gasteiger partial charge on any atom is 0.412 e. The number of hydrogen-bond donors (Lipinski definition) is 3. The molecule has 1 heterocycles. The Morgan fingerprint density at radius 2 is 1.83 bits per heavy atom. The molecule has 0 spiro atoms. The van der Waals surface area contributed by atoms with Crippen LogP contribution in [0.1, 0.15) is 37.5 Å². The minimum Gasteiger partial charge on any atom is -0.497 e. The number of aliphatic carboxylic acids is 1. The zero-order valence-electron chi connectivity index (χ0n) is 20.5. The second kappa shape index (κ2) is 10.0. The van der Waals surface area contributed by atoms with E-state index < -0.39 is 29.3 Å². The molecule has 3 rings (SSSR count). The molecule has 0 aliphatic rings. The Labute approximate surface area is 202 Å². The molecule has 10 nitrogen and oxygen atoms in total. The molecule has 2 aromatic carbocycles. The largest absolute Gasteiger partial charge is 0.497 e. The molecule has 1 atom stereocenters. The van der Waals surface area contributed by atoms with Crippen LogP contribution in [-0.2, 0) is 16.0 Å². The monoisotopic (exact) mass is 483 g/mol. The molecule has 0 unspecified atom stereocenters. The summed E-state index contributed by atoms with van der Waals surface area (Å²) in [5.41, 5.74) is 1.20. The number of aromatic nitrogens is 1. The highest BCUT2D eigenvalue weighted by molar-refractivity contribution is 5.94. The van der Waals surface area contributed by atoms with Crippen LogP contribution in [0.5, 0.6) is 5.75 Å². The predicted molar refractivity (Wildman–Crippen MR) is 131 cm³/mol. The SMILES string of the molecule is COc1ccc(C[C@H](Nc2nc3cc(C)c(NC(=O)OC(C)(C)C)c(C)c3c(=O)o2)C(=O)O)cc1. The molecule has 3 aromatic rings. The number of aryl methyl sites for hydroxylation is 2. The summed E-state index contributed by atoms with van der Waals surface area (Å²) in [4.78, 5) is 41.3. The van der Waals surface area contributed by atoms with Crippen LogP contribution in [0.2, 0.25) is 0 Å². The molecule has 0 aliphatic carbocycles. The zero-order valence-corrected chi connectivity index (χ0v) is 20.5. The fraction of sp³-hybridized carbons (Fsp3) is 0.360. The van der Waals surface area contributed by atoms with Crippen molar-refractivity contribution >= 4 is 34.7 Å². The van der Waals surface area contributed by atoms with Gasteiger partial charge in [-0.1, -0.05) is 12.1 Å². The van der Waals surface area contributed by atoms with Crippen LogP contribution in [0.25, 0.3) is 10.9 Å². The van der Waals surface area contributed by atoms with E-state index in [4.69, 9.17) is 13.9 Å². The molecule has 0 saturated heterocycles. The first-order chi connectivity index (χ1) is 16.4. The van der Waals surface area contributed by atoms with E-state index in [1.54, 1.807) is 72.1 Å². The van der Waals surface area contributed by atoms with Gasteiger partial charge in [0.25, 0.3) is 6.01 Å². The van der Waals surface area contributed by atoms with Crippen molar-refractivity contribution in [3.8, 4) is 5.75 Å². The van der Waals surface area contributed by atoms with Crippen molar-refractivity contribution in [1.29, 1.82) is 0 Å². The Bertz CT molecular complexity index is 1310. The third kappa shape index (κ3) is 6.28. The molecule has 0 saturated carbocycles. The van der Waals surface area contributed by atoms with Gasteiger partial charge in [-0.25, -0.2) is 14.4 Å². The van der Waals surface area contributed by atoms with E-state index >= 15 is 0 Å². The lowest BCUT2D eigenvalue weighted by Crippen LogP contribution is -2.32. The number of carboxylic acids is 1. The molecule has 0 bridgehead atoms. The summed E-state index contributed by atoms with van der Waals surface area (Å²) in [7, 11) is 1.55. The summed E-state index contributed by atoms with van der Waals surface area (Å²) < 4.78 is 15.7. The van der Waals surface area contributed by atoms with Gasteiger partial charge in [-0.3, -0.25) is 5.32 Å². The Hall–Kier alpha value is -4.08. The van der Waals surface area contributed by atoms with Crippen LogP contribution in [0.3, 0.4) is 0 Å². The van der Waals surface area contributed by atoms with Gasteiger partial charge in [0.2, 0.25) is 0 Å². The standard InChI is InChI=1S/C25H29N3O7/c1-13-11-17-19(14(2)20(13)28-24(32)35-25(3,4)5)22(31)34-23(26-17)27-18(21(29)30)12-15-7-9-16(33-6)10-8-15/h7-11,18H,12H2,1-6H3,(H,26,27)(H,28,32)(H,29,30)/t18-/m0/s1. The molecule has 1 amide bonds. The van der Waals surface area contributed by atoms with Gasteiger partial charge in [-0.05, 0) is 69.5 Å². The second-order valence-electron chi connectivity index (χ2n) is 9.11. The Balaban J connectivity index is 1.90. The normalized spacial score (nSPS) is 12.2. The van der Waals surface area contributed by atoms with Gasteiger partial charge in [0, 0.05) is 6.42 Å². The first kappa shape index (κ1) is 25.5. The minimum absolute atomic E-state index is 0.125. The molecule has 10 heteroatoms. The first-order valence-electron chi connectivity index (χ1n) is 10.9. The summed E-state index contributed by atoms with van der Waals surface area (Å²) >= 11 is 0. The topological polar surface area (TPSA) is 140 Å². The van der Waals surface area contributed by atoms with Crippen molar-refractivity contribution < 1.29 is 28.6 Å². The molecule has 0 fully saturated rings. The number of fused-ring (bicyclic) bond motifs is 1. The van der Waals surface area contributed by atoms with Gasteiger partial charge in [0.05, 0.1) is 23.7 Å². The smallest absolute Gasteiger partial charge is 0.412 e. The quantitative estimate of drug-likeness (QED) is 0.449. The average Bonchev–Trinajstić information content (AvgIpc) is 2.75. The van der Waals surface area contributed by atoms with E-state index in [9.17, 15) is 19.5 Å². The average molecular weight is 484 g/mol. The zero-order chi connectivity index (χ0) is 25.9. The van der Waals surface area contributed by atoms with Gasteiger partial charge < -0.3 is 24.3 Å². The molecule has 186 valence electrons. The van der Waals surface area contributed by atoms with E-state index in [0.717, 1.165) is 5.56 Å². The number of anilines is 2. The minimum atomic E-state index is -1.13. The first-order valence-corrected chi connectivity index (χ1v) is 10.9. The number of ether oxygens (including phenoxy) is 2. The van der Waals surface area contributed by atoms with E-state index in [2.05, 4.69) is 15.6 Å². The van der Waals surface area contributed by atoms with Crippen LogP contribution < -0.4 is 21.0 Å². The number of rotatable bonds is 7. The number of hydrogen-bond acceptors (Lipinski definition) is 8. The number of carboxylic acid groups (broad SMARTS) is 1. The fourth-order valence-corrected chi connectivity index (χ4v) is 3.59. The van der Waals surface area contributed by atoms with Crippen LogP contribution in [0.15, 0.2) is 39.5 Å². The third-order valence-corrected chi connectivity index (χ3v) is 5.19. The molecular formula is C25H29N3O7. The summed E-state index contributed by atoms with van der Waals surface area (Å²) in [5.74, 6) is -0.475. The number of carbonyl (C=O) groups is 2. The van der Waals surface area contributed by atoms with E-state index in [1.807, 2.05) is 0 Å². The highest BCUT2D eigenvalue weighted by Crippen LogP contribution is 2.28. The number of methoxy groups -OCH3 is 1. The van der Waals surface area contributed by atoms with E-state index in [1.165, 1.54) is 0 Å². The van der Waals surface area contributed by atoms with Crippen molar-refractivity contribution in [2.45, 2.75) is 52.7 Å². The number of amides is 1. The van der Waals surface area contributed by atoms with Crippen molar-refractivity contribution in [3.63, 3.8) is 0 Å². The van der Waals surface area contributed by atoms with Crippen molar-refractivity contribution in [1.82, 2.24) is 4.98 Å². The second-order valence-corrected chi connectivity index (χ2v) is 9.11.